The van der Waals surface area contributed by atoms with E-state index < -0.39 is 0 Å². The Morgan fingerprint density at radius 2 is 2.09 bits per heavy atom. The second kappa shape index (κ2) is 7.69. The zero-order valence-electron chi connectivity index (χ0n) is 12.9. The highest BCUT2D eigenvalue weighted by molar-refractivity contribution is 7.80. The molecule has 0 amide bonds. The fourth-order valence-electron chi connectivity index (χ4n) is 3.22. The Morgan fingerprint density at radius 3 is 2.96 bits per heavy atom. The van der Waals surface area contributed by atoms with Gasteiger partial charge in [0.2, 0.25) is 0 Å². The molecule has 3 aliphatic carbocycles. The van der Waals surface area contributed by atoms with Crippen molar-refractivity contribution in [2.75, 3.05) is 6.54 Å². The van der Waals surface area contributed by atoms with Crippen molar-refractivity contribution in [1.82, 2.24) is 10.6 Å². The first-order valence-electron chi connectivity index (χ1n) is 7.97. The van der Waals surface area contributed by atoms with Gasteiger partial charge in [-0.15, -0.1) is 0 Å². The van der Waals surface area contributed by atoms with Crippen molar-refractivity contribution in [3.63, 3.8) is 0 Å². The number of nitrogens with one attached hydrogen (secondary N) is 2. The third kappa shape index (κ3) is 4.28. The van der Waals surface area contributed by atoms with Crippen molar-refractivity contribution in [2.45, 2.75) is 38.1 Å². The zero-order valence-corrected chi connectivity index (χ0v) is 15.2. The normalized spacial score (nSPS) is 23.6. The van der Waals surface area contributed by atoms with Crippen LogP contribution in [0.15, 0.2) is 57.2 Å². The molecule has 0 aromatic heterocycles. The molecule has 0 fully saturated rings. The summed E-state index contributed by atoms with van der Waals surface area (Å²) in [5.41, 5.74) is 4.11. The van der Waals surface area contributed by atoms with Crippen LogP contribution in [0.4, 0.5) is 0 Å². The third-order valence-corrected chi connectivity index (χ3v) is 5.31. The average Bonchev–Trinajstić information content (AvgIpc) is 2.85. The first-order valence-corrected chi connectivity index (χ1v) is 9.14. The van der Waals surface area contributed by atoms with Crippen LogP contribution in [-0.4, -0.2) is 17.7 Å². The highest BCUT2D eigenvalue weighted by Gasteiger charge is 2.25. The maximum Gasteiger partial charge on any atom is 0.167 e. The van der Waals surface area contributed by atoms with Crippen LogP contribution >= 0.6 is 35.4 Å². The third-order valence-electron chi connectivity index (χ3n) is 4.44. The van der Waals surface area contributed by atoms with Gasteiger partial charge in [0.1, 0.15) is 0 Å². The van der Waals surface area contributed by atoms with E-state index in [0.717, 1.165) is 18.4 Å². The minimum absolute atomic E-state index is 0.342. The molecular formula is C18H20Cl2N2S. The van der Waals surface area contributed by atoms with E-state index in [1.165, 1.54) is 24.8 Å². The van der Waals surface area contributed by atoms with Gasteiger partial charge in [0, 0.05) is 16.6 Å². The molecule has 0 aromatic rings. The number of hydrogen-bond acceptors (Lipinski definition) is 1. The zero-order chi connectivity index (χ0) is 16.2. The summed E-state index contributed by atoms with van der Waals surface area (Å²) >= 11 is 17.7. The first-order chi connectivity index (χ1) is 11.1. The summed E-state index contributed by atoms with van der Waals surface area (Å²) in [6, 6.07) is 0.342. The Balaban J connectivity index is 1.55. The van der Waals surface area contributed by atoms with Crippen molar-refractivity contribution in [3.05, 3.63) is 57.2 Å². The molecule has 0 saturated carbocycles. The molecule has 3 rings (SSSR count). The van der Waals surface area contributed by atoms with E-state index >= 15 is 0 Å². The summed E-state index contributed by atoms with van der Waals surface area (Å²) in [4.78, 5) is 0. The summed E-state index contributed by atoms with van der Waals surface area (Å²) in [7, 11) is 0. The highest BCUT2D eigenvalue weighted by Crippen LogP contribution is 2.33. The first kappa shape index (κ1) is 16.8. The molecule has 2 N–H and O–H groups in total. The lowest BCUT2D eigenvalue weighted by atomic mass is 9.99. The summed E-state index contributed by atoms with van der Waals surface area (Å²) < 4.78 is 0. The van der Waals surface area contributed by atoms with Crippen molar-refractivity contribution in [3.8, 4) is 0 Å². The molecule has 1 unspecified atom stereocenters. The van der Waals surface area contributed by atoms with E-state index in [-0.39, 0.29) is 0 Å². The molecule has 0 saturated heterocycles. The van der Waals surface area contributed by atoms with E-state index in [1.807, 2.05) is 12.2 Å². The Hall–Kier alpha value is -1.03. The molecule has 0 aromatic carbocycles. The van der Waals surface area contributed by atoms with Crippen molar-refractivity contribution in [1.29, 1.82) is 0 Å². The maximum absolute atomic E-state index is 6.29. The molecule has 1 atom stereocenters. The van der Waals surface area contributed by atoms with Gasteiger partial charge >= 0.3 is 0 Å². The van der Waals surface area contributed by atoms with Crippen LogP contribution in [0, 0.1) is 0 Å². The highest BCUT2D eigenvalue weighted by atomic mass is 35.5. The van der Waals surface area contributed by atoms with Crippen LogP contribution in [0.2, 0.25) is 0 Å². The second-order valence-electron chi connectivity index (χ2n) is 6.01. The van der Waals surface area contributed by atoms with Gasteiger partial charge in [-0.05, 0) is 67.6 Å². The SMILES string of the molecule is S=C(NCC1=C(Cl)C=C(Cl)C=CC1)NC1CCC2=C1C=CCC2. The number of rotatable bonds is 3. The minimum Gasteiger partial charge on any atom is -0.359 e. The Labute approximate surface area is 153 Å². The predicted octanol–water partition coefficient (Wildman–Crippen LogP) is 4.84. The maximum atomic E-state index is 6.29. The fourth-order valence-corrected chi connectivity index (χ4v) is 3.95. The summed E-state index contributed by atoms with van der Waals surface area (Å²) in [5.74, 6) is 0. The Morgan fingerprint density at radius 1 is 1.22 bits per heavy atom. The summed E-state index contributed by atoms with van der Waals surface area (Å²) in [6.45, 7) is 0.629. The molecule has 0 bridgehead atoms. The fraction of sp³-hybridized carbons (Fsp3) is 0.389. The Kier molecular flexibility index (Phi) is 5.62. The van der Waals surface area contributed by atoms with Gasteiger partial charge in [-0.2, -0.15) is 0 Å². The van der Waals surface area contributed by atoms with E-state index in [9.17, 15) is 0 Å². The lowest BCUT2D eigenvalue weighted by Crippen LogP contribution is -2.42. The van der Waals surface area contributed by atoms with Crippen LogP contribution in [0.3, 0.4) is 0 Å². The number of thiocarbonyl (C=S) groups is 1. The van der Waals surface area contributed by atoms with E-state index in [1.54, 1.807) is 11.6 Å². The summed E-state index contributed by atoms with van der Waals surface area (Å²) in [5, 5.41) is 8.74. The smallest absolute Gasteiger partial charge is 0.167 e. The monoisotopic (exact) mass is 366 g/mol. The lowest BCUT2D eigenvalue weighted by Gasteiger charge is -2.20. The van der Waals surface area contributed by atoms with Crippen LogP contribution in [0.1, 0.15) is 32.1 Å². The van der Waals surface area contributed by atoms with Crippen LogP contribution in [0.25, 0.3) is 0 Å². The minimum atomic E-state index is 0.342. The van der Waals surface area contributed by atoms with E-state index in [2.05, 4.69) is 22.8 Å². The van der Waals surface area contributed by atoms with Crippen molar-refractivity contribution < 1.29 is 0 Å². The molecule has 122 valence electrons. The van der Waals surface area contributed by atoms with Crippen LogP contribution in [-0.2, 0) is 0 Å². The second-order valence-corrected chi connectivity index (χ2v) is 7.26. The molecule has 23 heavy (non-hydrogen) atoms. The van der Waals surface area contributed by atoms with Crippen LogP contribution < -0.4 is 10.6 Å². The largest absolute Gasteiger partial charge is 0.359 e. The van der Waals surface area contributed by atoms with Gasteiger partial charge in [-0.25, -0.2) is 0 Å². The Bertz CT molecular complexity index is 656. The van der Waals surface area contributed by atoms with Gasteiger partial charge in [-0.1, -0.05) is 47.0 Å². The molecule has 0 heterocycles. The number of halogens is 2. The van der Waals surface area contributed by atoms with Crippen molar-refractivity contribution >= 4 is 40.5 Å². The van der Waals surface area contributed by atoms with Crippen LogP contribution in [0.5, 0.6) is 0 Å². The molecule has 0 aliphatic heterocycles. The molecule has 2 nitrogen and oxygen atoms in total. The van der Waals surface area contributed by atoms with Gasteiger partial charge < -0.3 is 10.6 Å². The van der Waals surface area contributed by atoms with Gasteiger partial charge in [0.25, 0.3) is 0 Å². The lowest BCUT2D eigenvalue weighted by molar-refractivity contribution is 0.677. The molecular weight excluding hydrogens is 347 g/mol. The molecule has 0 radical (unpaired) electrons. The van der Waals surface area contributed by atoms with Crippen molar-refractivity contribution in [2.24, 2.45) is 0 Å². The number of allylic oxidation sites excluding steroid dienone is 7. The molecule has 3 aliphatic rings. The van der Waals surface area contributed by atoms with Gasteiger partial charge in [-0.3, -0.25) is 0 Å². The standard InChI is InChI=1S/C18H20Cl2N2S/c19-14-6-3-5-13(16(20)10-14)11-21-18(23)22-17-9-8-12-4-1-2-7-15(12)17/h2-3,6-7,10,17H,1,4-5,8-9,11H2,(H2,21,22,23). The van der Waals surface area contributed by atoms with E-state index in [0.29, 0.717) is 27.8 Å². The van der Waals surface area contributed by atoms with E-state index in [4.69, 9.17) is 35.4 Å². The predicted molar refractivity (Wildman–Crippen MR) is 103 cm³/mol. The average molecular weight is 367 g/mol. The topological polar surface area (TPSA) is 24.1 Å². The van der Waals surface area contributed by atoms with Gasteiger partial charge in [0.15, 0.2) is 5.11 Å². The number of hydrogen-bond donors (Lipinski definition) is 2. The molecule has 0 spiro atoms. The van der Waals surface area contributed by atoms with Gasteiger partial charge in [0.05, 0.1) is 6.04 Å². The summed E-state index contributed by atoms with van der Waals surface area (Å²) in [6.07, 6.45) is 15.6. The molecule has 5 heteroatoms. The quantitative estimate of drug-likeness (QED) is 0.699.